The normalized spacial score (nSPS) is 15.3. The van der Waals surface area contributed by atoms with E-state index in [1.165, 1.54) is 30.8 Å². The molecule has 1 saturated carbocycles. The minimum Gasteiger partial charge on any atom is -0.376 e. The van der Waals surface area contributed by atoms with E-state index in [1.54, 1.807) is 0 Å². The minimum absolute atomic E-state index is 0.0175. The Labute approximate surface area is 151 Å². The van der Waals surface area contributed by atoms with Crippen molar-refractivity contribution < 1.29 is 9.72 Å². The van der Waals surface area contributed by atoms with Crippen molar-refractivity contribution in [3.8, 4) is 6.07 Å². The van der Waals surface area contributed by atoms with Crippen LogP contribution in [0.15, 0.2) is 30.0 Å². The molecule has 1 aliphatic carbocycles. The van der Waals surface area contributed by atoms with Crippen LogP contribution in [0, 0.1) is 21.4 Å². The Morgan fingerprint density at radius 1 is 1.44 bits per heavy atom. The Hall–Kier alpha value is -2.59. The van der Waals surface area contributed by atoms with E-state index in [9.17, 15) is 20.2 Å². The molecule has 0 heterocycles. The van der Waals surface area contributed by atoms with Crippen LogP contribution in [0.4, 0.5) is 11.4 Å². The zero-order valence-corrected chi connectivity index (χ0v) is 14.6. The number of hydrogen-bond acceptors (Lipinski definition) is 5. The number of anilines is 1. The van der Waals surface area contributed by atoms with E-state index < -0.39 is 10.8 Å². The molecule has 0 radical (unpaired) electrons. The molecule has 1 aromatic rings. The second-order valence-corrected chi connectivity index (χ2v) is 6.40. The van der Waals surface area contributed by atoms with Crippen molar-refractivity contribution in [2.24, 2.45) is 0 Å². The summed E-state index contributed by atoms with van der Waals surface area (Å²) >= 11 is 5.75. The first kappa shape index (κ1) is 18.7. The Kier molecular flexibility index (Phi) is 6.37. The number of nitro groups is 1. The Bertz CT molecular complexity index is 736. The SMILES string of the molecule is CN(/C=C(/C#N)C(=O)Nc1ccc(Cl)c([N+](=O)[O-])c1)C1CCCCC1. The van der Waals surface area contributed by atoms with Crippen molar-refractivity contribution in [1.82, 2.24) is 4.90 Å². The van der Waals surface area contributed by atoms with Gasteiger partial charge in [0.05, 0.1) is 4.92 Å². The van der Waals surface area contributed by atoms with E-state index in [1.807, 2.05) is 18.0 Å². The average Bonchev–Trinajstić information content (AvgIpc) is 2.61. The summed E-state index contributed by atoms with van der Waals surface area (Å²) in [5.41, 5.74) is -0.144. The van der Waals surface area contributed by atoms with Crippen LogP contribution in [-0.2, 0) is 4.79 Å². The third-order valence-electron chi connectivity index (χ3n) is 4.25. The van der Waals surface area contributed by atoms with Gasteiger partial charge in [-0.2, -0.15) is 5.26 Å². The lowest BCUT2D eigenvalue weighted by molar-refractivity contribution is -0.384. The number of nitrogens with one attached hydrogen (secondary N) is 1. The van der Waals surface area contributed by atoms with Crippen molar-refractivity contribution in [2.75, 3.05) is 12.4 Å². The van der Waals surface area contributed by atoms with Crippen molar-refractivity contribution >= 4 is 28.9 Å². The number of benzene rings is 1. The molecule has 0 aliphatic heterocycles. The summed E-state index contributed by atoms with van der Waals surface area (Å²) in [6.45, 7) is 0. The molecule has 25 heavy (non-hydrogen) atoms. The maximum absolute atomic E-state index is 12.3. The van der Waals surface area contributed by atoms with Crippen molar-refractivity contribution in [1.29, 1.82) is 5.26 Å². The first-order chi connectivity index (χ1) is 11.9. The molecule has 0 saturated heterocycles. The molecule has 1 aliphatic rings. The molecule has 1 fully saturated rings. The van der Waals surface area contributed by atoms with E-state index >= 15 is 0 Å². The van der Waals surface area contributed by atoms with Gasteiger partial charge in [-0.15, -0.1) is 0 Å². The van der Waals surface area contributed by atoms with Crippen LogP contribution in [0.25, 0.3) is 0 Å². The molecule has 0 spiro atoms. The Morgan fingerprint density at radius 3 is 2.72 bits per heavy atom. The maximum atomic E-state index is 12.3. The fourth-order valence-electron chi connectivity index (χ4n) is 2.86. The molecule has 0 bridgehead atoms. The number of carbonyl (C=O) groups excluding carboxylic acids is 1. The molecule has 1 amide bonds. The molecular formula is C17H19ClN4O3. The highest BCUT2D eigenvalue weighted by molar-refractivity contribution is 6.32. The fourth-order valence-corrected chi connectivity index (χ4v) is 3.05. The second-order valence-electron chi connectivity index (χ2n) is 5.99. The molecule has 8 heteroatoms. The predicted molar refractivity (Wildman–Crippen MR) is 95.1 cm³/mol. The summed E-state index contributed by atoms with van der Waals surface area (Å²) in [6.07, 6.45) is 7.12. The van der Waals surface area contributed by atoms with Crippen LogP contribution in [0.1, 0.15) is 32.1 Å². The lowest BCUT2D eigenvalue weighted by atomic mass is 9.94. The molecule has 0 atom stereocenters. The highest BCUT2D eigenvalue weighted by Crippen LogP contribution is 2.27. The molecule has 2 rings (SSSR count). The summed E-state index contributed by atoms with van der Waals surface area (Å²) in [5.74, 6) is -0.609. The Morgan fingerprint density at radius 2 is 2.12 bits per heavy atom. The Balaban J connectivity index is 2.12. The smallest absolute Gasteiger partial charge is 0.289 e. The van der Waals surface area contributed by atoms with Crippen LogP contribution in [-0.4, -0.2) is 28.8 Å². The van der Waals surface area contributed by atoms with Gasteiger partial charge in [-0.25, -0.2) is 0 Å². The summed E-state index contributed by atoms with van der Waals surface area (Å²) in [4.78, 5) is 24.5. The molecule has 1 N–H and O–H groups in total. The van der Waals surface area contributed by atoms with E-state index in [0.29, 0.717) is 6.04 Å². The van der Waals surface area contributed by atoms with E-state index in [-0.39, 0.29) is 22.0 Å². The van der Waals surface area contributed by atoms with Gasteiger partial charge in [-0.3, -0.25) is 14.9 Å². The number of rotatable bonds is 5. The first-order valence-corrected chi connectivity index (χ1v) is 8.39. The second kappa shape index (κ2) is 8.49. The van der Waals surface area contributed by atoms with Crippen molar-refractivity contribution in [2.45, 2.75) is 38.1 Å². The third-order valence-corrected chi connectivity index (χ3v) is 4.57. The average molecular weight is 363 g/mol. The van der Waals surface area contributed by atoms with Gasteiger partial charge in [0.15, 0.2) is 0 Å². The van der Waals surface area contributed by atoms with Gasteiger partial charge in [0.2, 0.25) is 0 Å². The van der Waals surface area contributed by atoms with Crippen molar-refractivity contribution in [3.63, 3.8) is 0 Å². The number of carbonyl (C=O) groups is 1. The minimum atomic E-state index is -0.629. The highest BCUT2D eigenvalue weighted by atomic mass is 35.5. The van der Waals surface area contributed by atoms with E-state index in [2.05, 4.69) is 5.32 Å². The number of nitro benzene ring substituents is 1. The van der Waals surface area contributed by atoms with Crippen LogP contribution in [0.3, 0.4) is 0 Å². The summed E-state index contributed by atoms with van der Waals surface area (Å²) in [6, 6.07) is 6.16. The number of halogens is 1. The van der Waals surface area contributed by atoms with Crippen LogP contribution < -0.4 is 5.32 Å². The largest absolute Gasteiger partial charge is 0.376 e. The van der Waals surface area contributed by atoms with Gasteiger partial charge in [-0.05, 0) is 25.0 Å². The monoisotopic (exact) mass is 362 g/mol. The zero-order chi connectivity index (χ0) is 18.4. The number of hydrogen-bond donors (Lipinski definition) is 1. The standard InChI is InChI=1S/C17H19ClN4O3/c1-21(14-5-3-2-4-6-14)11-12(10-19)17(23)20-13-7-8-15(18)16(9-13)22(24)25/h7-9,11,14H,2-6H2,1H3,(H,20,23)/b12-11-. The fraction of sp³-hybridized carbons (Fsp3) is 0.412. The predicted octanol–water partition coefficient (Wildman–Crippen LogP) is 3.86. The van der Waals surface area contributed by atoms with Crippen LogP contribution in [0.5, 0.6) is 0 Å². The molecular weight excluding hydrogens is 344 g/mol. The number of nitriles is 1. The first-order valence-electron chi connectivity index (χ1n) is 8.01. The zero-order valence-electron chi connectivity index (χ0n) is 13.9. The van der Waals surface area contributed by atoms with Crippen molar-refractivity contribution in [3.05, 3.63) is 45.1 Å². The van der Waals surface area contributed by atoms with Gasteiger partial charge < -0.3 is 10.2 Å². The molecule has 0 unspecified atom stereocenters. The summed E-state index contributed by atoms with van der Waals surface area (Å²) in [5, 5.41) is 22.7. The van der Waals surface area contributed by atoms with Crippen LogP contribution >= 0.6 is 11.6 Å². The third kappa shape index (κ3) is 4.94. The maximum Gasteiger partial charge on any atom is 0.289 e. The topological polar surface area (TPSA) is 99.3 Å². The molecule has 0 aromatic heterocycles. The molecule has 7 nitrogen and oxygen atoms in total. The molecule has 132 valence electrons. The number of amides is 1. The van der Waals surface area contributed by atoms with Gasteiger partial charge in [0.25, 0.3) is 11.6 Å². The van der Waals surface area contributed by atoms with Gasteiger partial charge >= 0.3 is 0 Å². The molecule has 1 aromatic carbocycles. The highest BCUT2D eigenvalue weighted by Gasteiger charge is 2.19. The number of nitrogens with zero attached hydrogens (tertiary/aromatic N) is 3. The summed E-state index contributed by atoms with van der Waals surface area (Å²) in [7, 11) is 1.85. The summed E-state index contributed by atoms with van der Waals surface area (Å²) < 4.78 is 0. The lowest BCUT2D eigenvalue weighted by Crippen LogP contribution is -2.30. The van der Waals surface area contributed by atoms with E-state index in [0.717, 1.165) is 25.7 Å². The van der Waals surface area contributed by atoms with Gasteiger partial charge in [0.1, 0.15) is 16.7 Å². The van der Waals surface area contributed by atoms with E-state index in [4.69, 9.17) is 11.6 Å². The van der Waals surface area contributed by atoms with Gasteiger partial charge in [0, 0.05) is 31.0 Å². The van der Waals surface area contributed by atoms with Gasteiger partial charge in [-0.1, -0.05) is 30.9 Å². The lowest BCUT2D eigenvalue weighted by Gasteiger charge is -2.30. The van der Waals surface area contributed by atoms with Crippen LogP contribution in [0.2, 0.25) is 5.02 Å². The quantitative estimate of drug-likeness (QED) is 0.371.